The molecule has 7 nitrogen and oxygen atoms in total. The second-order valence-electron chi connectivity index (χ2n) is 3.73. The van der Waals surface area contributed by atoms with Crippen molar-refractivity contribution in [2.24, 2.45) is 5.73 Å². The number of non-ortho nitro benzene ring substituents is 1. The number of benzene rings is 1. The molecule has 1 heterocycles. The van der Waals surface area contributed by atoms with Crippen molar-refractivity contribution in [3.05, 3.63) is 44.7 Å². The first-order valence-corrected chi connectivity index (χ1v) is 6.09. The predicted octanol–water partition coefficient (Wildman–Crippen LogP) is 2.39. The third-order valence-electron chi connectivity index (χ3n) is 2.32. The Hall–Kier alpha value is -2.55. The lowest BCUT2D eigenvalue weighted by Crippen LogP contribution is -2.09. The lowest BCUT2D eigenvalue weighted by atomic mass is 10.3. The van der Waals surface area contributed by atoms with Gasteiger partial charge in [-0.1, -0.05) is 11.3 Å². The fourth-order valence-corrected chi connectivity index (χ4v) is 2.20. The first-order chi connectivity index (χ1) is 9.38. The van der Waals surface area contributed by atoms with Gasteiger partial charge in [-0.15, -0.1) is 0 Å². The Labute approximate surface area is 116 Å². The van der Waals surface area contributed by atoms with Crippen molar-refractivity contribution >= 4 is 22.9 Å². The van der Waals surface area contributed by atoms with E-state index in [0.29, 0.717) is 5.69 Å². The average Bonchev–Trinajstić information content (AvgIpc) is 2.73. The highest BCUT2D eigenvalue weighted by Gasteiger charge is 2.17. The summed E-state index contributed by atoms with van der Waals surface area (Å²) in [7, 11) is 0. The number of aromatic nitrogens is 1. The van der Waals surface area contributed by atoms with Crippen molar-refractivity contribution in [1.82, 2.24) is 4.98 Å². The molecule has 2 aromatic rings. The Kier molecular flexibility index (Phi) is 3.61. The van der Waals surface area contributed by atoms with E-state index < -0.39 is 16.6 Å². The summed E-state index contributed by atoms with van der Waals surface area (Å²) in [6.45, 7) is 1.55. The van der Waals surface area contributed by atoms with Crippen LogP contribution in [0.4, 0.5) is 10.1 Å². The number of halogens is 1. The number of aryl methyl sites for hydroxylation is 1. The molecule has 0 fully saturated rings. The lowest BCUT2D eigenvalue weighted by molar-refractivity contribution is -0.385. The van der Waals surface area contributed by atoms with Crippen LogP contribution in [-0.4, -0.2) is 15.8 Å². The third-order valence-corrected chi connectivity index (χ3v) is 3.37. The number of carbonyl (C=O) groups excluding carboxylic acids is 1. The maximum absolute atomic E-state index is 13.5. The highest BCUT2D eigenvalue weighted by Crippen LogP contribution is 2.32. The molecule has 0 saturated carbocycles. The van der Waals surface area contributed by atoms with Crippen LogP contribution in [0.1, 0.15) is 15.4 Å². The number of nitro benzene ring substituents is 1. The van der Waals surface area contributed by atoms with Crippen LogP contribution in [0.25, 0.3) is 0 Å². The van der Waals surface area contributed by atoms with Crippen molar-refractivity contribution in [2.75, 3.05) is 0 Å². The number of ether oxygens (including phenoxy) is 1. The summed E-state index contributed by atoms with van der Waals surface area (Å²) in [4.78, 5) is 25.1. The Morgan fingerprint density at radius 3 is 2.80 bits per heavy atom. The normalized spacial score (nSPS) is 10.3. The van der Waals surface area contributed by atoms with E-state index >= 15 is 0 Å². The molecule has 0 aliphatic heterocycles. The minimum Gasteiger partial charge on any atom is -0.427 e. The zero-order valence-corrected chi connectivity index (χ0v) is 10.9. The summed E-state index contributed by atoms with van der Waals surface area (Å²) >= 11 is 0.841. The van der Waals surface area contributed by atoms with E-state index in [2.05, 4.69) is 4.98 Å². The molecule has 0 bridgehead atoms. The van der Waals surface area contributed by atoms with Gasteiger partial charge in [-0.25, -0.2) is 9.37 Å². The molecule has 0 aliphatic carbocycles. The molecular formula is C11H8FN3O4S. The molecule has 0 spiro atoms. The number of hydrogen-bond acceptors (Lipinski definition) is 6. The fraction of sp³-hybridized carbons (Fsp3) is 0.0909. The van der Waals surface area contributed by atoms with Crippen LogP contribution in [0.5, 0.6) is 10.9 Å². The van der Waals surface area contributed by atoms with E-state index in [1.807, 2.05) is 0 Å². The fourth-order valence-electron chi connectivity index (χ4n) is 1.42. The zero-order chi connectivity index (χ0) is 14.9. The van der Waals surface area contributed by atoms with Gasteiger partial charge in [-0.3, -0.25) is 14.9 Å². The van der Waals surface area contributed by atoms with Crippen LogP contribution >= 0.6 is 11.3 Å². The molecule has 20 heavy (non-hydrogen) atoms. The summed E-state index contributed by atoms with van der Waals surface area (Å²) in [5, 5.41) is 10.6. The Balaban J connectivity index is 2.34. The largest absolute Gasteiger partial charge is 0.427 e. The van der Waals surface area contributed by atoms with Gasteiger partial charge < -0.3 is 10.5 Å². The number of thiazole rings is 1. The van der Waals surface area contributed by atoms with E-state index in [4.69, 9.17) is 10.5 Å². The SMILES string of the molecule is Cc1nc(Oc2cc([N+](=O)[O-])ccc2F)sc1C(N)=O. The second kappa shape index (κ2) is 5.21. The summed E-state index contributed by atoms with van der Waals surface area (Å²) in [6.07, 6.45) is 0. The summed E-state index contributed by atoms with van der Waals surface area (Å²) in [5.74, 6) is -1.79. The van der Waals surface area contributed by atoms with Gasteiger partial charge in [0.15, 0.2) is 11.6 Å². The number of nitrogens with zero attached hydrogens (tertiary/aromatic N) is 2. The number of primary amides is 1. The van der Waals surface area contributed by atoms with E-state index in [1.54, 1.807) is 6.92 Å². The minimum atomic E-state index is -0.774. The van der Waals surface area contributed by atoms with Gasteiger partial charge in [-0.2, -0.15) is 0 Å². The number of nitrogens with two attached hydrogens (primary N) is 1. The van der Waals surface area contributed by atoms with Crippen molar-refractivity contribution in [1.29, 1.82) is 0 Å². The number of rotatable bonds is 4. The molecule has 104 valence electrons. The van der Waals surface area contributed by atoms with E-state index in [-0.39, 0.29) is 21.5 Å². The highest BCUT2D eigenvalue weighted by atomic mass is 32.1. The molecule has 1 aromatic carbocycles. The summed E-state index contributed by atoms with van der Waals surface area (Å²) < 4.78 is 18.7. The Morgan fingerprint density at radius 2 is 2.25 bits per heavy atom. The summed E-state index contributed by atoms with van der Waals surface area (Å²) in [6, 6.07) is 2.88. The molecular weight excluding hydrogens is 289 g/mol. The van der Waals surface area contributed by atoms with E-state index in [9.17, 15) is 19.3 Å². The van der Waals surface area contributed by atoms with Crippen LogP contribution in [-0.2, 0) is 0 Å². The molecule has 0 saturated heterocycles. The smallest absolute Gasteiger partial charge is 0.279 e. The van der Waals surface area contributed by atoms with Crippen LogP contribution in [0.2, 0.25) is 0 Å². The van der Waals surface area contributed by atoms with Gasteiger partial charge in [0.2, 0.25) is 0 Å². The van der Waals surface area contributed by atoms with Crippen LogP contribution in [0, 0.1) is 22.9 Å². The van der Waals surface area contributed by atoms with Crippen LogP contribution in [0.15, 0.2) is 18.2 Å². The van der Waals surface area contributed by atoms with Gasteiger partial charge >= 0.3 is 0 Å². The van der Waals surface area contributed by atoms with Gasteiger partial charge in [-0.05, 0) is 13.0 Å². The van der Waals surface area contributed by atoms with E-state index in [1.165, 1.54) is 0 Å². The quantitative estimate of drug-likeness (QED) is 0.688. The molecule has 1 amide bonds. The van der Waals surface area contributed by atoms with Crippen LogP contribution in [0.3, 0.4) is 0 Å². The van der Waals surface area contributed by atoms with Crippen molar-refractivity contribution in [2.45, 2.75) is 6.92 Å². The third kappa shape index (κ3) is 2.72. The average molecular weight is 297 g/mol. The van der Waals surface area contributed by atoms with E-state index in [0.717, 1.165) is 29.5 Å². The van der Waals surface area contributed by atoms with Crippen molar-refractivity contribution < 1.29 is 18.8 Å². The van der Waals surface area contributed by atoms with Gasteiger partial charge in [0.1, 0.15) is 4.88 Å². The lowest BCUT2D eigenvalue weighted by Gasteiger charge is -2.02. The topological polar surface area (TPSA) is 108 Å². The predicted molar refractivity (Wildman–Crippen MR) is 68.5 cm³/mol. The maximum atomic E-state index is 13.5. The van der Waals surface area contributed by atoms with Crippen LogP contribution < -0.4 is 10.5 Å². The van der Waals surface area contributed by atoms with Gasteiger partial charge in [0.05, 0.1) is 16.7 Å². The second-order valence-corrected chi connectivity index (χ2v) is 4.69. The standard InChI is InChI=1S/C11H8FN3O4S/c1-5-9(10(13)16)20-11(14-5)19-8-4-6(15(17)18)2-3-7(8)12/h2-4H,1H3,(H2,13,16). The van der Waals surface area contributed by atoms with Crippen molar-refractivity contribution in [3.63, 3.8) is 0 Å². The Morgan fingerprint density at radius 1 is 1.55 bits per heavy atom. The number of amides is 1. The van der Waals surface area contributed by atoms with Gasteiger partial charge in [0.25, 0.3) is 16.8 Å². The highest BCUT2D eigenvalue weighted by molar-refractivity contribution is 7.15. The molecule has 0 atom stereocenters. The molecule has 0 aliphatic rings. The molecule has 1 aromatic heterocycles. The summed E-state index contributed by atoms with van der Waals surface area (Å²) in [5.41, 5.74) is 5.16. The molecule has 2 N–H and O–H groups in total. The molecule has 2 rings (SSSR count). The number of carbonyl (C=O) groups is 1. The molecule has 9 heteroatoms. The molecule has 0 unspecified atom stereocenters. The minimum absolute atomic E-state index is 0.0179. The first kappa shape index (κ1) is 13.9. The Bertz CT molecular complexity index is 701. The first-order valence-electron chi connectivity index (χ1n) is 5.27. The molecule has 0 radical (unpaired) electrons. The van der Waals surface area contributed by atoms with Crippen molar-refractivity contribution in [3.8, 4) is 10.9 Å². The maximum Gasteiger partial charge on any atom is 0.279 e. The van der Waals surface area contributed by atoms with Gasteiger partial charge in [0, 0.05) is 6.07 Å². The number of hydrogen-bond donors (Lipinski definition) is 1. The number of nitro groups is 1. The monoisotopic (exact) mass is 297 g/mol. The zero-order valence-electron chi connectivity index (χ0n) is 10.1.